The molecule has 3 heterocycles. The second kappa shape index (κ2) is 6.18. The van der Waals surface area contributed by atoms with Crippen LogP contribution in [0, 0.1) is 12.8 Å². The number of morpholine rings is 1. The molecule has 6 nitrogen and oxygen atoms in total. The summed E-state index contributed by atoms with van der Waals surface area (Å²) in [7, 11) is 0. The Hall–Kier alpha value is -1.92. The Kier molecular flexibility index (Phi) is 4.02. The highest BCUT2D eigenvalue weighted by molar-refractivity contribution is 5.95. The molecule has 1 aliphatic carbocycles. The number of amides is 1. The lowest BCUT2D eigenvalue weighted by atomic mass is 9.94. The van der Waals surface area contributed by atoms with Gasteiger partial charge in [-0.25, -0.2) is 4.98 Å². The minimum Gasteiger partial charge on any atom is -0.449 e. The van der Waals surface area contributed by atoms with Gasteiger partial charge in [-0.15, -0.1) is 0 Å². The molecule has 1 saturated heterocycles. The number of rotatable bonds is 2. The van der Waals surface area contributed by atoms with Crippen molar-refractivity contribution in [3.63, 3.8) is 0 Å². The van der Waals surface area contributed by atoms with Crippen LogP contribution in [0.25, 0.3) is 11.1 Å². The molecule has 3 atom stereocenters. The largest absolute Gasteiger partial charge is 0.449 e. The van der Waals surface area contributed by atoms with Crippen molar-refractivity contribution in [3.05, 3.63) is 29.7 Å². The first kappa shape index (κ1) is 15.6. The third-order valence-electron chi connectivity index (χ3n) is 5.18. The number of aromatic nitrogens is 1. The molecule has 2 fully saturated rings. The van der Waals surface area contributed by atoms with Gasteiger partial charge in [-0.1, -0.05) is 6.42 Å². The lowest BCUT2D eigenvalue weighted by molar-refractivity contribution is -0.0393. The molecule has 24 heavy (non-hydrogen) atoms. The summed E-state index contributed by atoms with van der Waals surface area (Å²) < 4.78 is 11.3. The summed E-state index contributed by atoms with van der Waals surface area (Å²) in [6.45, 7) is 3.43. The normalized spacial score (nSPS) is 27.8. The van der Waals surface area contributed by atoms with Gasteiger partial charge < -0.3 is 19.2 Å². The molecule has 2 aromatic heterocycles. The van der Waals surface area contributed by atoms with E-state index in [2.05, 4.69) is 4.98 Å². The summed E-state index contributed by atoms with van der Waals surface area (Å²) in [5, 5.41) is 10.2. The van der Waals surface area contributed by atoms with Crippen LogP contribution in [0.1, 0.15) is 35.5 Å². The summed E-state index contributed by atoms with van der Waals surface area (Å²) in [5.41, 5.74) is 2.21. The highest BCUT2D eigenvalue weighted by Crippen LogP contribution is 2.33. The quantitative estimate of drug-likeness (QED) is 0.913. The molecule has 2 aromatic rings. The van der Waals surface area contributed by atoms with Crippen molar-refractivity contribution >= 4 is 17.0 Å². The van der Waals surface area contributed by atoms with Gasteiger partial charge in [-0.05, 0) is 31.9 Å². The van der Waals surface area contributed by atoms with E-state index in [4.69, 9.17) is 9.15 Å². The van der Waals surface area contributed by atoms with Gasteiger partial charge in [0.15, 0.2) is 11.3 Å². The molecule has 0 radical (unpaired) electrons. The fourth-order valence-electron chi connectivity index (χ4n) is 3.92. The van der Waals surface area contributed by atoms with E-state index < -0.39 is 0 Å². The van der Waals surface area contributed by atoms with Crippen LogP contribution >= 0.6 is 0 Å². The monoisotopic (exact) mass is 330 g/mol. The molecule has 1 amide bonds. The smallest absolute Gasteiger partial charge is 0.290 e. The maximum absolute atomic E-state index is 13.0. The van der Waals surface area contributed by atoms with Gasteiger partial charge in [0.2, 0.25) is 0 Å². The summed E-state index contributed by atoms with van der Waals surface area (Å²) in [4.78, 5) is 19.2. The maximum atomic E-state index is 13.0. The van der Waals surface area contributed by atoms with Crippen molar-refractivity contribution in [2.24, 2.45) is 5.92 Å². The highest BCUT2D eigenvalue weighted by atomic mass is 16.5. The van der Waals surface area contributed by atoms with Crippen molar-refractivity contribution < 1.29 is 19.1 Å². The second-order valence-electron chi connectivity index (χ2n) is 6.75. The molecule has 1 aliphatic heterocycles. The predicted molar refractivity (Wildman–Crippen MR) is 87.7 cm³/mol. The average molecular weight is 330 g/mol. The topological polar surface area (TPSA) is 75.8 Å². The van der Waals surface area contributed by atoms with Crippen LogP contribution in [-0.2, 0) is 4.74 Å². The summed E-state index contributed by atoms with van der Waals surface area (Å²) in [5.74, 6) is 0.250. The lowest BCUT2D eigenvalue weighted by Gasteiger charge is -2.39. The van der Waals surface area contributed by atoms with Crippen molar-refractivity contribution in [1.82, 2.24) is 9.88 Å². The van der Waals surface area contributed by atoms with E-state index in [0.29, 0.717) is 36.6 Å². The molecule has 4 rings (SSSR count). The van der Waals surface area contributed by atoms with Crippen LogP contribution in [0.3, 0.4) is 0 Å². The Morgan fingerprint density at radius 1 is 1.38 bits per heavy atom. The fraction of sp³-hybridized carbons (Fsp3) is 0.556. The zero-order valence-electron chi connectivity index (χ0n) is 13.8. The van der Waals surface area contributed by atoms with E-state index in [1.807, 2.05) is 24.0 Å². The Bertz CT molecular complexity index is 757. The third kappa shape index (κ3) is 2.70. The minimum absolute atomic E-state index is 0.0824. The Morgan fingerprint density at radius 3 is 3.04 bits per heavy atom. The van der Waals surface area contributed by atoms with Crippen molar-refractivity contribution in [1.29, 1.82) is 0 Å². The molecule has 1 N–H and O–H groups in total. The summed E-state index contributed by atoms with van der Waals surface area (Å²) >= 11 is 0. The van der Waals surface area contributed by atoms with Crippen LogP contribution in [0.2, 0.25) is 0 Å². The van der Waals surface area contributed by atoms with Crippen molar-refractivity contribution in [2.75, 3.05) is 19.8 Å². The number of fused-ring (bicyclic) bond motifs is 1. The third-order valence-corrected chi connectivity index (χ3v) is 5.18. The van der Waals surface area contributed by atoms with Gasteiger partial charge >= 0.3 is 0 Å². The van der Waals surface area contributed by atoms with E-state index in [-0.39, 0.29) is 24.0 Å². The first-order chi connectivity index (χ1) is 11.6. The van der Waals surface area contributed by atoms with Gasteiger partial charge in [0.05, 0.1) is 25.4 Å². The van der Waals surface area contributed by atoms with Crippen LogP contribution in [0.4, 0.5) is 0 Å². The number of furan rings is 1. The van der Waals surface area contributed by atoms with Gasteiger partial charge in [0.25, 0.3) is 5.91 Å². The van der Waals surface area contributed by atoms with Gasteiger partial charge in [0, 0.05) is 24.2 Å². The minimum atomic E-state index is -0.355. The number of ether oxygens (including phenoxy) is 1. The van der Waals surface area contributed by atoms with Gasteiger partial charge in [-0.2, -0.15) is 0 Å². The molecule has 128 valence electrons. The van der Waals surface area contributed by atoms with Crippen LogP contribution in [0.15, 0.2) is 22.6 Å². The SMILES string of the molecule is Cc1ccc2oc(C(=O)N3CCOC[C@@H]3[C@H]3CCC[C@H]3O)cc2n1. The van der Waals surface area contributed by atoms with Crippen LogP contribution in [0.5, 0.6) is 0 Å². The van der Waals surface area contributed by atoms with E-state index in [1.165, 1.54) is 0 Å². The number of nitrogens with zero attached hydrogens (tertiary/aromatic N) is 2. The van der Waals surface area contributed by atoms with E-state index in [1.54, 1.807) is 6.07 Å². The standard InChI is InChI=1S/C18H22N2O4/c1-11-5-6-16-13(19-11)9-17(24-16)18(22)20-7-8-23-10-14(20)12-3-2-4-15(12)21/h5-6,9,12,14-15,21H,2-4,7-8,10H2,1H3/t12-,14-,15-/m1/s1. The van der Waals surface area contributed by atoms with Crippen LogP contribution in [-0.4, -0.2) is 52.8 Å². The molecule has 0 spiro atoms. The summed E-state index contributed by atoms with van der Waals surface area (Å²) in [6, 6.07) is 5.33. The number of hydrogen-bond donors (Lipinski definition) is 1. The second-order valence-corrected chi connectivity index (χ2v) is 6.75. The molecule has 0 aromatic carbocycles. The molecule has 0 bridgehead atoms. The van der Waals surface area contributed by atoms with Crippen molar-refractivity contribution in [2.45, 2.75) is 38.3 Å². The van der Waals surface area contributed by atoms with E-state index in [9.17, 15) is 9.90 Å². The Labute approximate surface area is 140 Å². The molecule has 6 heteroatoms. The predicted octanol–water partition coefficient (Wildman–Crippen LogP) is 2.14. The number of carbonyl (C=O) groups excluding carboxylic acids is 1. The number of pyridine rings is 1. The van der Waals surface area contributed by atoms with Crippen molar-refractivity contribution in [3.8, 4) is 0 Å². The molecule has 1 saturated carbocycles. The average Bonchev–Trinajstić information content (AvgIpc) is 3.19. The highest BCUT2D eigenvalue weighted by Gasteiger charge is 2.40. The van der Waals surface area contributed by atoms with Gasteiger partial charge in [0.1, 0.15) is 5.52 Å². The van der Waals surface area contributed by atoms with E-state index in [0.717, 1.165) is 25.0 Å². The number of carbonyl (C=O) groups is 1. The first-order valence-electron chi connectivity index (χ1n) is 8.57. The van der Waals surface area contributed by atoms with Gasteiger partial charge in [-0.3, -0.25) is 4.79 Å². The van der Waals surface area contributed by atoms with Crippen LogP contribution < -0.4 is 0 Å². The Morgan fingerprint density at radius 2 is 2.25 bits per heavy atom. The number of aliphatic hydroxyl groups is 1. The molecule has 0 unspecified atom stereocenters. The van der Waals surface area contributed by atoms with E-state index >= 15 is 0 Å². The first-order valence-corrected chi connectivity index (χ1v) is 8.57. The maximum Gasteiger partial charge on any atom is 0.290 e. The zero-order valence-corrected chi connectivity index (χ0v) is 13.8. The Balaban J connectivity index is 1.62. The zero-order chi connectivity index (χ0) is 16.7. The molecular formula is C18H22N2O4. The molecular weight excluding hydrogens is 308 g/mol. The number of aliphatic hydroxyl groups excluding tert-OH is 1. The number of hydrogen-bond acceptors (Lipinski definition) is 5. The lowest BCUT2D eigenvalue weighted by Crippen LogP contribution is -2.53. The fourth-order valence-corrected chi connectivity index (χ4v) is 3.92. The number of aryl methyl sites for hydroxylation is 1. The molecule has 2 aliphatic rings. The summed E-state index contributed by atoms with van der Waals surface area (Å²) in [6.07, 6.45) is 2.38.